The van der Waals surface area contributed by atoms with E-state index in [-0.39, 0.29) is 6.10 Å². The van der Waals surface area contributed by atoms with Crippen molar-refractivity contribution in [2.75, 3.05) is 18.0 Å². The van der Waals surface area contributed by atoms with E-state index in [1.807, 2.05) is 52.2 Å². The van der Waals surface area contributed by atoms with Gasteiger partial charge in [0.15, 0.2) is 5.82 Å². The van der Waals surface area contributed by atoms with E-state index in [2.05, 4.69) is 27.0 Å². The molecule has 8 heteroatoms. The molecule has 0 amide bonds. The van der Waals surface area contributed by atoms with Gasteiger partial charge in [-0.3, -0.25) is 9.67 Å². The number of hydrogen-bond acceptors (Lipinski definition) is 6. The number of aliphatic hydroxyl groups is 1. The molecule has 0 aromatic carbocycles. The van der Waals surface area contributed by atoms with E-state index in [1.165, 1.54) is 0 Å². The molecule has 5 heterocycles. The topological polar surface area (TPSA) is 84.9 Å². The van der Waals surface area contributed by atoms with Crippen LogP contribution in [0.15, 0.2) is 49.1 Å². The Morgan fingerprint density at radius 1 is 1.14 bits per heavy atom. The molecule has 28 heavy (non-hydrogen) atoms. The molecule has 1 N–H and O–H groups in total. The second-order valence-corrected chi connectivity index (χ2v) is 7.01. The van der Waals surface area contributed by atoms with Gasteiger partial charge in [-0.05, 0) is 31.5 Å². The minimum Gasteiger partial charge on any atom is -0.391 e. The Morgan fingerprint density at radius 2 is 2.04 bits per heavy atom. The Balaban J connectivity index is 1.55. The number of fused-ring (bicyclic) bond motifs is 1. The van der Waals surface area contributed by atoms with Crippen molar-refractivity contribution in [3.63, 3.8) is 0 Å². The van der Waals surface area contributed by atoms with Crippen LogP contribution in [0.2, 0.25) is 0 Å². The summed E-state index contributed by atoms with van der Waals surface area (Å²) in [5.74, 6) is 1.60. The molecule has 1 fully saturated rings. The number of β-amino-alcohol motifs (C(OH)–C–C–N with tert-alkyl or cyclic N) is 1. The summed E-state index contributed by atoms with van der Waals surface area (Å²) in [6, 6.07) is 7.91. The first-order valence-corrected chi connectivity index (χ1v) is 9.48. The maximum atomic E-state index is 9.81. The number of aryl methyl sites for hydroxylation is 1. The Morgan fingerprint density at radius 3 is 2.82 bits per heavy atom. The second kappa shape index (κ2) is 6.72. The first kappa shape index (κ1) is 16.9. The molecule has 4 aromatic heterocycles. The number of anilines is 1. The summed E-state index contributed by atoms with van der Waals surface area (Å²) in [6.07, 6.45) is 7.95. The van der Waals surface area contributed by atoms with E-state index in [0.29, 0.717) is 6.54 Å². The highest BCUT2D eigenvalue weighted by Gasteiger charge is 2.21. The number of aliphatic hydroxyl groups excluding tert-OH is 1. The van der Waals surface area contributed by atoms with Gasteiger partial charge >= 0.3 is 0 Å². The molecule has 0 radical (unpaired) electrons. The van der Waals surface area contributed by atoms with Crippen LogP contribution in [0.1, 0.15) is 13.3 Å². The molecule has 1 saturated heterocycles. The third kappa shape index (κ3) is 2.91. The lowest BCUT2D eigenvalue weighted by atomic mass is 10.2. The predicted molar refractivity (Wildman–Crippen MR) is 106 cm³/mol. The summed E-state index contributed by atoms with van der Waals surface area (Å²) in [5, 5.41) is 19.6. The number of pyridine rings is 2. The van der Waals surface area contributed by atoms with Crippen molar-refractivity contribution in [1.29, 1.82) is 0 Å². The molecule has 1 aliphatic rings. The van der Waals surface area contributed by atoms with Gasteiger partial charge < -0.3 is 10.0 Å². The van der Waals surface area contributed by atoms with Gasteiger partial charge in [-0.1, -0.05) is 6.07 Å². The maximum absolute atomic E-state index is 9.81. The van der Waals surface area contributed by atoms with Crippen LogP contribution >= 0.6 is 0 Å². The monoisotopic (exact) mass is 375 g/mol. The number of hydrogen-bond donors (Lipinski definition) is 1. The van der Waals surface area contributed by atoms with E-state index in [0.717, 1.165) is 53.3 Å². The summed E-state index contributed by atoms with van der Waals surface area (Å²) in [4.78, 5) is 11.4. The van der Waals surface area contributed by atoms with E-state index in [4.69, 9.17) is 4.98 Å². The van der Waals surface area contributed by atoms with Crippen molar-refractivity contribution in [2.45, 2.75) is 26.0 Å². The van der Waals surface area contributed by atoms with Crippen LogP contribution in [-0.4, -0.2) is 53.8 Å². The summed E-state index contributed by atoms with van der Waals surface area (Å²) in [6.45, 7) is 4.31. The fourth-order valence-corrected chi connectivity index (χ4v) is 3.59. The molecule has 0 spiro atoms. The maximum Gasteiger partial charge on any atom is 0.156 e. The molecule has 0 bridgehead atoms. The van der Waals surface area contributed by atoms with Gasteiger partial charge in [-0.2, -0.15) is 10.2 Å². The van der Waals surface area contributed by atoms with Gasteiger partial charge in [0.1, 0.15) is 5.82 Å². The minimum absolute atomic E-state index is 0.284. The van der Waals surface area contributed by atoms with E-state index in [1.54, 1.807) is 6.20 Å². The Kier molecular flexibility index (Phi) is 4.05. The van der Waals surface area contributed by atoms with Crippen molar-refractivity contribution in [3.05, 3.63) is 49.1 Å². The fourth-order valence-electron chi connectivity index (χ4n) is 3.59. The summed E-state index contributed by atoms with van der Waals surface area (Å²) >= 11 is 0. The van der Waals surface area contributed by atoms with Crippen molar-refractivity contribution >= 4 is 16.7 Å². The summed E-state index contributed by atoms with van der Waals surface area (Å²) in [7, 11) is 0. The molecule has 8 nitrogen and oxygen atoms in total. The van der Waals surface area contributed by atoms with Gasteiger partial charge in [0.25, 0.3) is 0 Å². The van der Waals surface area contributed by atoms with Crippen LogP contribution < -0.4 is 4.90 Å². The molecule has 0 aliphatic carbocycles. The van der Waals surface area contributed by atoms with Crippen LogP contribution in [0.4, 0.5) is 5.82 Å². The zero-order valence-electron chi connectivity index (χ0n) is 15.6. The largest absolute Gasteiger partial charge is 0.391 e. The van der Waals surface area contributed by atoms with Crippen LogP contribution in [-0.2, 0) is 6.54 Å². The lowest BCUT2D eigenvalue weighted by molar-refractivity contribution is 0.198. The molecule has 1 atom stereocenters. The van der Waals surface area contributed by atoms with E-state index < -0.39 is 0 Å². The van der Waals surface area contributed by atoms with Crippen molar-refractivity contribution in [2.24, 2.45) is 0 Å². The Hall–Kier alpha value is -3.26. The average Bonchev–Trinajstić information content (AvgIpc) is 3.46. The molecule has 1 unspecified atom stereocenters. The zero-order chi connectivity index (χ0) is 19.1. The molecule has 1 aliphatic heterocycles. The van der Waals surface area contributed by atoms with Gasteiger partial charge in [0.2, 0.25) is 0 Å². The van der Waals surface area contributed by atoms with Crippen molar-refractivity contribution in [1.82, 2.24) is 29.5 Å². The minimum atomic E-state index is -0.284. The SMILES string of the molecule is CCn1cc(-c2cc3c(cn2)cnn3-c2cccc(N3CCC(O)C3)n2)cn1. The van der Waals surface area contributed by atoms with Crippen molar-refractivity contribution in [3.8, 4) is 17.1 Å². The fraction of sp³-hybridized carbons (Fsp3) is 0.300. The Bertz CT molecular complexity index is 1130. The molecular weight excluding hydrogens is 354 g/mol. The molecule has 5 rings (SSSR count). The van der Waals surface area contributed by atoms with Crippen molar-refractivity contribution < 1.29 is 5.11 Å². The highest BCUT2D eigenvalue weighted by Crippen LogP contribution is 2.25. The van der Waals surface area contributed by atoms with Crippen LogP contribution in [0.5, 0.6) is 0 Å². The van der Waals surface area contributed by atoms with Crippen LogP contribution in [0, 0.1) is 0 Å². The van der Waals surface area contributed by atoms with Gasteiger partial charge in [-0.25, -0.2) is 9.67 Å². The van der Waals surface area contributed by atoms with E-state index >= 15 is 0 Å². The second-order valence-electron chi connectivity index (χ2n) is 7.01. The van der Waals surface area contributed by atoms with Gasteiger partial charge in [0, 0.05) is 43.0 Å². The lowest BCUT2D eigenvalue weighted by Gasteiger charge is -2.17. The van der Waals surface area contributed by atoms with Crippen LogP contribution in [0.25, 0.3) is 28.0 Å². The highest BCUT2D eigenvalue weighted by molar-refractivity contribution is 5.83. The Labute approximate surface area is 162 Å². The number of nitrogens with zero attached hydrogens (tertiary/aromatic N) is 7. The normalized spacial score (nSPS) is 16.9. The third-order valence-electron chi connectivity index (χ3n) is 5.13. The lowest BCUT2D eigenvalue weighted by Crippen LogP contribution is -2.22. The number of rotatable bonds is 4. The molecule has 0 saturated carbocycles. The molecule has 142 valence electrons. The van der Waals surface area contributed by atoms with Crippen LogP contribution in [0.3, 0.4) is 0 Å². The molecule has 4 aromatic rings. The number of aromatic nitrogens is 6. The predicted octanol–water partition coefficient (Wildman–Crippen LogP) is 2.27. The van der Waals surface area contributed by atoms with Gasteiger partial charge in [-0.15, -0.1) is 0 Å². The zero-order valence-corrected chi connectivity index (χ0v) is 15.6. The average molecular weight is 375 g/mol. The van der Waals surface area contributed by atoms with E-state index in [9.17, 15) is 5.11 Å². The first-order valence-electron chi connectivity index (χ1n) is 9.48. The standard InChI is InChI=1S/C20H21N7O/c1-2-26-12-15(11-22-26)17-8-18-14(9-21-17)10-23-27(18)20-5-3-4-19(24-20)25-7-6-16(28)13-25/h3-5,8-12,16,28H,2,6-7,13H2,1H3. The summed E-state index contributed by atoms with van der Waals surface area (Å²) in [5.41, 5.74) is 2.78. The highest BCUT2D eigenvalue weighted by atomic mass is 16.3. The third-order valence-corrected chi connectivity index (χ3v) is 5.13. The quantitative estimate of drug-likeness (QED) is 0.589. The van der Waals surface area contributed by atoms with Gasteiger partial charge in [0.05, 0.1) is 29.7 Å². The first-order chi connectivity index (χ1) is 13.7. The summed E-state index contributed by atoms with van der Waals surface area (Å²) < 4.78 is 3.72. The molecular formula is C20H21N7O. The smallest absolute Gasteiger partial charge is 0.156 e.